The Labute approximate surface area is 134 Å². The number of hydrogen-bond donors (Lipinski definition) is 1. The molecule has 126 valence electrons. The zero-order valence-electron chi connectivity index (χ0n) is 13.9. The summed E-state index contributed by atoms with van der Waals surface area (Å²) in [6, 6.07) is 7.46. The molecular weight excluding hydrogens is 302 g/mol. The Bertz CT molecular complexity index is 525. The molecule has 0 aliphatic heterocycles. The van der Waals surface area contributed by atoms with Crippen molar-refractivity contribution in [1.82, 2.24) is 13.9 Å². The fourth-order valence-corrected chi connectivity index (χ4v) is 2.45. The van der Waals surface area contributed by atoms with Crippen molar-refractivity contribution >= 4 is 10.2 Å². The molecule has 0 aliphatic carbocycles. The van der Waals surface area contributed by atoms with E-state index in [1.165, 1.54) is 14.1 Å². The third-order valence-corrected chi connectivity index (χ3v) is 4.90. The first kappa shape index (κ1) is 18.9. The standard InChI is InChI=1S/C15H27N3O3S/c1-5-18(6-2)11-12-21-15-9-7-14(8-10-15)13-16-22(19,20)17(3)4/h7-10,16H,5-6,11-13H2,1-4H3. The summed E-state index contributed by atoms with van der Waals surface area (Å²) in [4.78, 5) is 2.30. The van der Waals surface area contributed by atoms with Gasteiger partial charge in [-0.15, -0.1) is 0 Å². The smallest absolute Gasteiger partial charge is 0.279 e. The third-order valence-electron chi connectivity index (χ3n) is 3.43. The first-order valence-corrected chi connectivity index (χ1v) is 8.94. The van der Waals surface area contributed by atoms with E-state index in [2.05, 4.69) is 23.5 Å². The van der Waals surface area contributed by atoms with Gasteiger partial charge < -0.3 is 9.64 Å². The van der Waals surface area contributed by atoms with Crippen molar-refractivity contribution in [3.05, 3.63) is 29.8 Å². The molecule has 0 radical (unpaired) electrons. The van der Waals surface area contributed by atoms with Gasteiger partial charge in [-0.3, -0.25) is 0 Å². The van der Waals surface area contributed by atoms with Gasteiger partial charge in [0, 0.05) is 27.2 Å². The van der Waals surface area contributed by atoms with Crippen LogP contribution >= 0.6 is 0 Å². The second-order valence-corrected chi connectivity index (χ2v) is 7.10. The average Bonchev–Trinajstić information content (AvgIpc) is 2.50. The average molecular weight is 329 g/mol. The molecule has 0 unspecified atom stereocenters. The van der Waals surface area contributed by atoms with Crippen molar-refractivity contribution in [2.45, 2.75) is 20.4 Å². The second kappa shape index (κ2) is 9.09. The van der Waals surface area contributed by atoms with Crippen molar-refractivity contribution in [1.29, 1.82) is 0 Å². The van der Waals surface area contributed by atoms with Crippen LogP contribution in [0.15, 0.2) is 24.3 Å². The second-order valence-electron chi connectivity index (χ2n) is 5.13. The summed E-state index contributed by atoms with van der Waals surface area (Å²) >= 11 is 0. The lowest BCUT2D eigenvalue weighted by Gasteiger charge is -2.18. The van der Waals surface area contributed by atoms with Crippen molar-refractivity contribution < 1.29 is 13.2 Å². The van der Waals surface area contributed by atoms with Crippen LogP contribution in [0.3, 0.4) is 0 Å². The number of benzene rings is 1. The normalized spacial score (nSPS) is 12.1. The van der Waals surface area contributed by atoms with Crippen molar-refractivity contribution in [3.8, 4) is 5.75 Å². The molecule has 6 nitrogen and oxygen atoms in total. The van der Waals surface area contributed by atoms with Crippen molar-refractivity contribution in [2.75, 3.05) is 40.3 Å². The van der Waals surface area contributed by atoms with Gasteiger partial charge in [0.2, 0.25) is 0 Å². The zero-order chi connectivity index (χ0) is 16.6. The first-order valence-electron chi connectivity index (χ1n) is 7.50. The van der Waals surface area contributed by atoms with Gasteiger partial charge in [0.25, 0.3) is 10.2 Å². The largest absolute Gasteiger partial charge is 0.492 e. The van der Waals surface area contributed by atoms with Crippen LogP contribution in [0.25, 0.3) is 0 Å². The summed E-state index contributed by atoms with van der Waals surface area (Å²) in [6.45, 7) is 8.11. The highest BCUT2D eigenvalue weighted by Crippen LogP contribution is 2.12. The fraction of sp³-hybridized carbons (Fsp3) is 0.600. The number of rotatable bonds is 10. The van der Waals surface area contributed by atoms with Crippen molar-refractivity contribution in [2.24, 2.45) is 0 Å². The van der Waals surface area contributed by atoms with Gasteiger partial charge in [-0.2, -0.15) is 17.4 Å². The number of ether oxygens (including phenoxy) is 1. The quantitative estimate of drug-likeness (QED) is 0.703. The van der Waals surface area contributed by atoms with Gasteiger partial charge in [0.15, 0.2) is 0 Å². The van der Waals surface area contributed by atoms with Gasteiger partial charge >= 0.3 is 0 Å². The first-order chi connectivity index (χ1) is 10.4. The van der Waals surface area contributed by atoms with E-state index in [-0.39, 0.29) is 6.54 Å². The number of hydrogen-bond acceptors (Lipinski definition) is 4. The summed E-state index contributed by atoms with van der Waals surface area (Å²) in [5.74, 6) is 0.798. The topological polar surface area (TPSA) is 61.9 Å². The molecule has 0 spiro atoms. The lowest BCUT2D eigenvalue weighted by molar-refractivity contribution is 0.223. The van der Waals surface area contributed by atoms with E-state index in [0.717, 1.165) is 35.3 Å². The Balaban J connectivity index is 2.43. The lowest BCUT2D eigenvalue weighted by atomic mass is 10.2. The molecular formula is C15H27N3O3S. The van der Waals surface area contributed by atoms with E-state index < -0.39 is 10.2 Å². The highest BCUT2D eigenvalue weighted by atomic mass is 32.2. The molecule has 1 N–H and O–H groups in total. The maximum atomic E-state index is 11.6. The lowest BCUT2D eigenvalue weighted by Crippen LogP contribution is -2.35. The van der Waals surface area contributed by atoms with Crippen LogP contribution < -0.4 is 9.46 Å². The maximum Gasteiger partial charge on any atom is 0.279 e. The molecule has 1 rings (SSSR count). The molecule has 0 heterocycles. The monoisotopic (exact) mass is 329 g/mol. The molecule has 22 heavy (non-hydrogen) atoms. The molecule has 0 atom stereocenters. The summed E-state index contributed by atoms with van der Waals surface area (Å²) in [6.07, 6.45) is 0. The summed E-state index contributed by atoms with van der Waals surface area (Å²) in [5, 5.41) is 0. The maximum absolute atomic E-state index is 11.6. The summed E-state index contributed by atoms with van der Waals surface area (Å²) in [5.41, 5.74) is 0.890. The Kier molecular flexibility index (Phi) is 7.81. The zero-order valence-corrected chi connectivity index (χ0v) is 14.7. The highest BCUT2D eigenvalue weighted by molar-refractivity contribution is 7.87. The van der Waals surface area contributed by atoms with Gasteiger partial charge in [-0.1, -0.05) is 26.0 Å². The minimum absolute atomic E-state index is 0.264. The predicted octanol–water partition coefficient (Wildman–Crippen LogP) is 1.30. The van der Waals surface area contributed by atoms with Crippen molar-refractivity contribution in [3.63, 3.8) is 0 Å². The van der Waals surface area contributed by atoms with Crippen LogP contribution in [0, 0.1) is 0 Å². The van der Waals surface area contributed by atoms with E-state index >= 15 is 0 Å². The van der Waals surface area contributed by atoms with Gasteiger partial charge in [0.05, 0.1) is 0 Å². The van der Waals surface area contributed by atoms with E-state index in [0.29, 0.717) is 6.61 Å². The molecule has 7 heteroatoms. The molecule has 1 aromatic carbocycles. The molecule has 0 saturated heterocycles. The van der Waals surface area contributed by atoms with Crippen LogP contribution in [0.5, 0.6) is 5.75 Å². The molecule has 0 aromatic heterocycles. The Hall–Kier alpha value is -1.15. The Morgan fingerprint density at radius 2 is 1.68 bits per heavy atom. The predicted molar refractivity (Wildman–Crippen MR) is 89.2 cm³/mol. The van der Waals surface area contributed by atoms with Crippen LogP contribution in [-0.4, -0.2) is 58.0 Å². The Morgan fingerprint density at radius 1 is 1.09 bits per heavy atom. The van der Waals surface area contributed by atoms with Gasteiger partial charge in [-0.25, -0.2) is 0 Å². The number of nitrogens with one attached hydrogen (secondary N) is 1. The minimum Gasteiger partial charge on any atom is -0.492 e. The third kappa shape index (κ3) is 6.31. The van der Waals surface area contributed by atoms with E-state index in [1.807, 2.05) is 24.3 Å². The van der Waals surface area contributed by atoms with Crippen LogP contribution in [-0.2, 0) is 16.8 Å². The van der Waals surface area contributed by atoms with Gasteiger partial charge in [0.1, 0.15) is 12.4 Å². The fourth-order valence-electron chi connectivity index (χ4n) is 1.84. The minimum atomic E-state index is -3.39. The molecule has 1 aromatic rings. The van der Waals surface area contributed by atoms with E-state index in [9.17, 15) is 8.42 Å². The molecule has 0 aliphatic rings. The van der Waals surface area contributed by atoms with Crippen LogP contribution in [0.4, 0.5) is 0 Å². The van der Waals surface area contributed by atoms with E-state index in [1.54, 1.807) is 0 Å². The van der Waals surface area contributed by atoms with E-state index in [4.69, 9.17) is 4.74 Å². The van der Waals surface area contributed by atoms with Crippen LogP contribution in [0.1, 0.15) is 19.4 Å². The highest BCUT2D eigenvalue weighted by Gasteiger charge is 2.11. The molecule has 0 fully saturated rings. The molecule has 0 amide bonds. The van der Waals surface area contributed by atoms with Crippen LogP contribution in [0.2, 0.25) is 0 Å². The van der Waals surface area contributed by atoms with Gasteiger partial charge in [-0.05, 0) is 30.8 Å². The summed E-state index contributed by atoms with van der Waals surface area (Å²) in [7, 11) is -0.399. The number of likely N-dealkylation sites (N-methyl/N-ethyl adjacent to an activating group) is 1. The summed E-state index contributed by atoms with van der Waals surface area (Å²) < 4.78 is 32.6. The Morgan fingerprint density at radius 3 is 2.18 bits per heavy atom. The SMILES string of the molecule is CCN(CC)CCOc1ccc(CNS(=O)(=O)N(C)C)cc1. The molecule has 0 bridgehead atoms. The molecule has 0 saturated carbocycles. The number of nitrogens with zero attached hydrogens (tertiary/aromatic N) is 2.